The van der Waals surface area contributed by atoms with Gasteiger partial charge in [-0.3, -0.25) is 10.1 Å². The molecule has 10 heteroatoms. The molecule has 0 saturated carbocycles. The second-order valence-corrected chi connectivity index (χ2v) is 11.6. The lowest BCUT2D eigenvalue weighted by molar-refractivity contribution is 0.300. The molecule has 3 heterocycles. The molecule has 2 unspecified atom stereocenters. The number of primary sulfonamides is 1. The minimum Gasteiger partial charge on any atom is -0.489 e. The van der Waals surface area contributed by atoms with Crippen LogP contribution in [0.2, 0.25) is 0 Å². The van der Waals surface area contributed by atoms with Crippen LogP contribution in [0.5, 0.6) is 5.75 Å². The fourth-order valence-corrected chi connectivity index (χ4v) is 5.90. The van der Waals surface area contributed by atoms with Crippen LogP contribution in [0.4, 0.5) is 17.1 Å². The van der Waals surface area contributed by atoms with Crippen LogP contribution >= 0.6 is 0 Å². The average molecular weight is 554 g/mol. The van der Waals surface area contributed by atoms with E-state index in [0.29, 0.717) is 28.8 Å². The predicted octanol–water partition coefficient (Wildman–Crippen LogP) is 5.08. The Morgan fingerprint density at radius 3 is 2.67 bits per heavy atom. The monoisotopic (exact) mass is 553 g/mol. The zero-order valence-corrected chi connectivity index (χ0v) is 22.7. The van der Waals surface area contributed by atoms with Gasteiger partial charge in [0.15, 0.2) is 11.4 Å². The number of aliphatic imine (C=N–C) groups is 1. The molecule has 2 aliphatic rings. The molecule has 0 fully saturated rings. The zero-order chi connectivity index (χ0) is 27.8. The number of H-pyrrole nitrogens is 1. The third-order valence-electron chi connectivity index (χ3n) is 7.57. The first-order chi connectivity index (χ1) is 19.3. The van der Waals surface area contributed by atoms with E-state index in [-0.39, 0.29) is 4.90 Å². The molecule has 2 aliphatic heterocycles. The van der Waals surface area contributed by atoms with E-state index in [1.165, 1.54) is 6.07 Å². The molecule has 0 radical (unpaired) electrons. The Balaban J connectivity index is 1.49. The van der Waals surface area contributed by atoms with E-state index in [4.69, 9.17) is 9.88 Å². The number of sulfonamides is 1. The van der Waals surface area contributed by atoms with E-state index in [9.17, 15) is 8.42 Å². The molecule has 202 valence electrons. The molecule has 0 spiro atoms. The van der Waals surface area contributed by atoms with E-state index < -0.39 is 15.4 Å². The lowest BCUT2D eigenvalue weighted by Crippen LogP contribution is -2.36. The minimum absolute atomic E-state index is 0.0140. The molecule has 4 N–H and O–H groups in total. The summed E-state index contributed by atoms with van der Waals surface area (Å²) in [7, 11) is -1.87. The van der Waals surface area contributed by atoms with Crippen molar-refractivity contribution in [3.05, 3.63) is 120 Å². The molecule has 0 saturated heterocycles. The molecular formula is C30H29N6O3S+. The summed E-state index contributed by atoms with van der Waals surface area (Å²) in [5, 5.41) is 16.0. The van der Waals surface area contributed by atoms with Gasteiger partial charge in [0, 0.05) is 24.0 Å². The Kier molecular flexibility index (Phi) is 6.38. The zero-order valence-electron chi connectivity index (χ0n) is 21.9. The van der Waals surface area contributed by atoms with Crippen molar-refractivity contribution in [3.63, 3.8) is 0 Å². The number of fused-ring (bicyclic) bond motifs is 1. The maximum atomic E-state index is 12.4. The van der Waals surface area contributed by atoms with Gasteiger partial charge in [0.05, 0.1) is 29.8 Å². The molecule has 0 aliphatic carbocycles. The predicted molar refractivity (Wildman–Crippen MR) is 157 cm³/mol. The molecule has 1 aromatic heterocycles. The van der Waals surface area contributed by atoms with Crippen LogP contribution < -0.4 is 19.7 Å². The van der Waals surface area contributed by atoms with Crippen LogP contribution in [-0.2, 0) is 22.0 Å². The first kappa shape index (κ1) is 25.8. The van der Waals surface area contributed by atoms with Gasteiger partial charge in [-0.05, 0) is 41.8 Å². The number of quaternary nitrogens is 1. The van der Waals surface area contributed by atoms with Crippen molar-refractivity contribution in [2.75, 3.05) is 12.4 Å². The summed E-state index contributed by atoms with van der Waals surface area (Å²) in [6, 6.07) is 20.8. The van der Waals surface area contributed by atoms with Gasteiger partial charge in [-0.1, -0.05) is 42.5 Å². The number of allylic oxidation sites excluding steroid dienone is 1. The number of nitrogens with zero attached hydrogens (tertiary/aromatic N) is 3. The quantitative estimate of drug-likeness (QED) is 0.276. The number of benzene rings is 3. The van der Waals surface area contributed by atoms with Crippen LogP contribution in [0.1, 0.15) is 23.1 Å². The Morgan fingerprint density at radius 2 is 1.95 bits per heavy atom. The molecule has 0 amide bonds. The number of hydrogen-bond acceptors (Lipinski definition) is 6. The van der Waals surface area contributed by atoms with E-state index in [2.05, 4.69) is 52.0 Å². The lowest BCUT2D eigenvalue weighted by atomic mass is 9.71. The van der Waals surface area contributed by atoms with Gasteiger partial charge in [-0.15, -0.1) is 0 Å². The summed E-state index contributed by atoms with van der Waals surface area (Å²) in [5.74, 6) is 0.558. The second kappa shape index (κ2) is 9.91. The maximum absolute atomic E-state index is 12.4. The van der Waals surface area contributed by atoms with Gasteiger partial charge < -0.3 is 10.1 Å². The first-order valence-corrected chi connectivity index (χ1v) is 14.3. The molecule has 0 bridgehead atoms. The highest BCUT2D eigenvalue weighted by Gasteiger charge is 2.39. The Hall–Kier alpha value is -4.51. The van der Waals surface area contributed by atoms with Crippen LogP contribution in [0.25, 0.3) is 0 Å². The van der Waals surface area contributed by atoms with Crippen molar-refractivity contribution in [1.29, 1.82) is 0 Å². The Labute approximate surface area is 233 Å². The summed E-state index contributed by atoms with van der Waals surface area (Å²) in [4.78, 5) is 4.54. The standard InChI is InChI=1S/C30H29N6O3S/c1-36(24-18-34-35-19-24)15-14-33-27-16-23(8-10-28(27)36)30(12-5-13-32-21-30)26-17-25(40(31,37)38)9-11-29(26)39-20-22-6-3-2-4-7-22/h2-11,13-19,21,33H,12,20H2,1H3,(H,34,35)(H2,31,37,38)/q+1. The number of ether oxygens (including phenoxy) is 1. The maximum Gasteiger partial charge on any atom is 0.238 e. The van der Waals surface area contributed by atoms with Crippen molar-refractivity contribution >= 4 is 33.3 Å². The number of nitrogens with two attached hydrogens (primary N) is 1. The molecule has 6 rings (SSSR count). The van der Waals surface area contributed by atoms with Gasteiger partial charge >= 0.3 is 0 Å². The molecule has 4 aromatic rings. The average Bonchev–Trinajstić information content (AvgIpc) is 3.53. The summed E-state index contributed by atoms with van der Waals surface area (Å²) >= 11 is 0. The largest absolute Gasteiger partial charge is 0.489 e. The van der Waals surface area contributed by atoms with Gasteiger partial charge in [0.2, 0.25) is 10.0 Å². The summed E-state index contributed by atoms with van der Waals surface area (Å²) < 4.78 is 31.6. The van der Waals surface area contributed by atoms with E-state index in [1.807, 2.05) is 61.2 Å². The highest BCUT2D eigenvalue weighted by molar-refractivity contribution is 7.89. The number of anilines is 1. The third kappa shape index (κ3) is 4.51. The van der Waals surface area contributed by atoms with Gasteiger partial charge in [-0.2, -0.15) is 5.10 Å². The molecule has 40 heavy (non-hydrogen) atoms. The van der Waals surface area contributed by atoms with Gasteiger partial charge in [0.1, 0.15) is 30.4 Å². The summed E-state index contributed by atoms with van der Waals surface area (Å²) in [6.45, 7) is 0.322. The number of rotatable bonds is 7. The van der Waals surface area contributed by atoms with Crippen LogP contribution in [-0.4, -0.2) is 31.9 Å². The Bertz CT molecular complexity index is 1750. The van der Waals surface area contributed by atoms with Crippen LogP contribution in [0.15, 0.2) is 114 Å². The number of aromatic amines is 1. The lowest BCUT2D eigenvalue weighted by Gasteiger charge is -2.36. The highest BCUT2D eigenvalue weighted by atomic mass is 32.2. The second-order valence-electron chi connectivity index (χ2n) is 10.0. The topological polar surface area (TPSA) is 122 Å². The molecular weight excluding hydrogens is 524 g/mol. The normalized spacial score (nSPS) is 21.6. The fraction of sp³-hybridized carbons (Fsp3) is 0.133. The van der Waals surface area contributed by atoms with Gasteiger partial charge in [0.25, 0.3) is 0 Å². The first-order valence-electron chi connectivity index (χ1n) is 12.8. The van der Waals surface area contributed by atoms with Crippen molar-refractivity contribution in [2.45, 2.75) is 23.3 Å². The smallest absolute Gasteiger partial charge is 0.238 e. The van der Waals surface area contributed by atoms with E-state index in [0.717, 1.165) is 28.2 Å². The van der Waals surface area contributed by atoms with Crippen LogP contribution in [0.3, 0.4) is 0 Å². The number of hydrogen-bond donors (Lipinski definition) is 3. The van der Waals surface area contributed by atoms with Crippen molar-refractivity contribution in [3.8, 4) is 5.75 Å². The van der Waals surface area contributed by atoms with E-state index >= 15 is 0 Å². The fourth-order valence-electron chi connectivity index (χ4n) is 5.36. The van der Waals surface area contributed by atoms with E-state index in [1.54, 1.807) is 18.3 Å². The Morgan fingerprint density at radius 1 is 1.10 bits per heavy atom. The van der Waals surface area contributed by atoms with Crippen LogP contribution in [0, 0.1) is 0 Å². The summed E-state index contributed by atoms with van der Waals surface area (Å²) in [5.41, 5.74) is 4.72. The highest BCUT2D eigenvalue weighted by Crippen LogP contribution is 2.47. The SMILES string of the molecule is C[N+]1(c2cn[nH]c2)C=CNc2cc(C3(c4cc(S(N)(=O)=O)ccc4OCc4ccccc4)C=NC=CC3)ccc21. The van der Waals surface area contributed by atoms with Gasteiger partial charge in [-0.25, -0.2) is 18.0 Å². The number of aromatic nitrogens is 2. The van der Waals surface area contributed by atoms with Crippen molar-refractivity contribution in [2.24, 2.45) is 10.1 Å². The minimum atomic E-state index is -3.96. The molecule has 3 aromatic carbocycles. The molecule has 2 atom stereocenters. The van der Waals surface area contributed by atoms with Crippen molar-refractivity contribution < 1.29 is 13.2 Å². The van der Waals surface area contributed by atoms with Crippen molar-refractivity contribution in [1.82, 2.24) is 14.7 Å². The third-order valence-corrected chi connectivity index (χ3v) is 8.48. The number of nitrogens with one attached hydrogen (secondary N) is 2. The summed E-state index contributed by atoms with van der Waals surface area (Å²) in [6.07, 6.45) is 13.8. The molecule has 9 nitrogen and oxygen atoms in total.